The van der Waals surface area contributed by atoms with Gasteiger partial charge in [0.1, 0.15) is 11.9 Å². The third-order valence-corrected chi connectivity index (χ3v) is 7.01. The van der Waals surface area contributed by atoms with Crippen LogP contribution in [0, 0.1) is 23.6 Å². The summed E-state index contributed by atoms with van der Waals surface area (Å²) in [6.07, 6.45) is 4.44. The standard InChI is InChI=1S/C30H43FN4O6/c1-18(2)26(34-30(40)35-27(19(3)4)29(39)41-5)24(36)17-21-11-8-9-15-32-25(37)14-13-22(33-28(21)38)16-20-10-6-7-12-23(20)31/h6-7,10,12-14,18-19,21-22,26-27H,8-9,11,15-17H2,1-5H3,(H,32,37)(H,33,38)(H2,34,35,40)/b14-13+/t21-,22-,26+,27+/m1/s1. The van der Waals surface area contributed by atoms with Crippen molar-refractivity contribution in [1.82, 2.24) is 21.3 Å². The van der Waals surface area contributed by atoms with Crippen molar-refractivity contribution in [2.45, 2.75) is 77.9 Å². The van der Waals surface area contributed by atoms with Crippen molar-refractivity contribution in [2.75, 3.05) is 13.7 Å². The highest BCUT2D eigenvalue weighted by molar-refractivity contribution is 5.93. The van der Waals surface area contributed by atoms with Crippen LogP contribution in [0.1, 0.15) is 58.9 Å². The summed E-state index contributed by atoms with van der Waals surface area (Å²) in [4.78, 5) is 63.8. The first kappa shape index (κ1) is 33.4. The lowest BCUT2D eigenvalue weighted by atomic mass is 9.88. The number of Topliss-reactive ketones (excluding diaryl/α,β-unsaturated/α-hetero) is 1. The molecule has 1 aromatic carbocycles. The molecular weight excluding hydrogens is 531 g/mol. The number of ether oxygens (including phenoxy) is 1. The van der Waals surface area contributed by atoms with Gasteiger partial charge in [-0.25, -0.2) is 14.0 Å². The molecule has 1 heterocycles. The van der Waals surface area contributed by atoms with Crippen LogP contribution < -0.4 is 21.3 Å². The van der Waals surface area contributed by atoms with Crippen molar-refractivity contribution in [3.8, 4) is 0 Å². The van der Waals surface area contributed by atoms with Crippen LogP contribution in [-0.4, -0.2) is 61.4 Å². The van der Waals surface area contributed by atoms with Crippen molar-refractivity contribution >= 4 is 29.6 Å². The molecule has 11 heteroatoms. The van der Waals surface area contributed by atoms with Gasteiger partial charge < -0.3 is 26.0 Å². The van der Waals surface area contributed by atoms with E-state index < -0.39 is 41.9 Å². The van der Waals surface area contributed by atoms with Gasteiger partial charge in [0, 0.05) is 25.0 Å². The van der Waals surface area contributed by atoms with Crippen LogP contribution in [-0.2, 0) is 30.3 Å². The molecule has 4 atom stereocenters. The van der Waals surface area contributed by atoms with Gasteiger partial charge >= 0.3 is 12.0 Å². The quantitative estimate of drug-likeness (QED) is 0.317. The Morgan fingerprint density at radius 1 is 1.02 bits per heavy atom. The maximum Gasteiger partial charge on any atom is 0.328 e. The minimum atomic E-state index is -0.900. The van der Waals surface area contributed by atoms with Gasteiger partial charge in [0.05, 0.1) is 19.2 Å². The third-order valence-electron chi connectivity index (χ3n) is 7.01. The number of nitrogens with one attached hydrogen (secondary N) is 4. The number of rotatable bonds is 10. The SMILES string of the molecule is COC(=O)[C@@H](NC(=O)N[C@H](C(=O)C[C@H]1CCCCNC(=O)/C=C/[C@H](Cc2ccccc2F)NC1=O)C(C)C)C(C)C. The summed E-state index contributed by atoms with van der Waals surface area (Å²) in [5.74, 6) is -3.25. The number of methoxy groups -OCH3 is 1. The van der Waals surface area contributed by atoms with Gasteiger partial charge in [-0.05, 0) is 42.7 Å². The fourth-order valence-corrected chi connectivity index (χ4v) is 4.62. The maximum atomic E-state index is 14.3. The topological polar surface area (TPSA) is 143 Å². The second kappa shape index (κ2) is 16.5. The first-order valence-electron chi connectivity index (χ1n) is 14.1. The van der Waals surface area contributed by atoms with Crippen molar-refractivity contribution in [2.24, 2.45) is 17.8 Å². The van der Waals surface area contributed by atoms with Crippen molar-refractivity contribution in [3.63, 3.8) is 0 Å². The second-order valence-corrected chi connectivity index (χ2v) is 11.0. The van der Waals surface area contributed by atoms with E-state index in [1.165, 1.54) is 25.3 Å². The highest BCUT2D eigenvalue weighted by atomic mass is 19.1. The van der Waals surface area contributed by atoms with E-state index in [2.05, 4.69) is 21.3 Å². The smallest absolute Gasteiger partial charge is 0.328 e. The molecule has 0 aliphatic carbocycles. The van der Waals surface area contributed by atoms with Gasteiger partial charge in [-0.15, -0.1) is 0 Å². The van der Waals surface area contributed by atoms with Gasteiger partial charge in [0.15, 0.2) is 5.78 Å². The van der Waals surface area contributed by atoms with Crippen molar-refractivity contribution in [1.29, 1.82) is 0 Å². The Morgan fingerprint density at radius 3 is 2.32 bits per heavy atom. The van der Waals surface area contributed by atoms with E-state index in [1.807, 2.05) is 0 Å². The van der Waals surface area contributed by atoms with Crippen LogP contribution in [0.15, 0.2) is 36.4 Å². The molecule has 1 aromatic rings. The Hall–Kier alpha value is -3.76. The Balaban J connectivity index is 2.19. The van der Waals surface area contributed by atoms with Gasteiger partial charge in [-0.1, -0.05) is 58.4 Å². The molecule has 4 N–H and O–H groups in total. The molecule has 0 saturated carbocycles. The molecule has 0 spiro atoms. The maximum absolute atomic E-state index is 14.3. The van der Waals surface area contributed by atoms with E-state index >= 15 is 0 Å². The zero-order chi connectivity index (χ0) is 30.5. The average Bonchev–Trinajstić information content (AvgIpc) is 2.92. The Bertz CT molecular complexity index is 1110. The monoisotopic (exact) mass is 574 g/mol. The van der Waals surface area contributed by atoms with Gasteiger partial charge in [0.25, 0.3) is 0 Å². The lowest BCUT2D eigenvalue weighted by molar-refractivity contribution is -0.144. The molecule has 41 heavy (non-hydrogen) atoms. The summed E-state index contributed by atoms with van der Waals surface area (Å²) in [5.41, 5.74) is 0.379. The highest BCUT2D eigenvalue weighted by Gasteiger charge is 2.32. The predicted octanol–water partition coefficient (Wildman–Crippen LogP) is 2.81. The molecule has 0 unspecified atom stereocenters. The van der Waals surface area contributed by atoms with Crippen molar-refractivity contribution in [3.05, 3.63) is 47.8 Å². The lowest BCUT2D eigenvalue weighted by Crippen LogP contribution is -2.54. The average molecular weight is 575 g/mol. The molecule has 0 fully saturated rings. The van der Waals surface area contributed by atoms with Gasteiger partial charge in [0.2, 0.25) is 11.8 Å². The largest absolute Gasteiger partial charge is 0.467 e. The number of esters is 1. The minimum absolute atomic E-state index is 0.121. The van der Waals surface area contributed by atoms with Crippen molar-refractivity contribution < 1.29 is 33.1 Å². The number of hydrogen-bond donors (Lipinski definition) is 4. The number of carbonyl (C=O) groups excluding carboxylic acids is 5. The number of benzene rings is 1. The van der Waals surface area contributed by atoms with E-state index in [0.717, 1.165) is 0 Å². The molecule has 0 saturated heterocycles. The zero-order valence-corrected chi connectivity index (χ0v) is 24.5. The molecule has 1 aliphatic rings. The molecular formula is C30H43FN4O6. The number of carbonyl (C=O) groups is 5. The molecule has 0 aromatic heterocycles. The highest BCUT2D eigenvalue weighted by Crippen LogP contribution is 2.19. The van der Waals surface area contributed by atoms with Crippen LogP contribution in [0.3, 0.4) is 0 Å². The molecule has 226 valence electrons. The summed E-state index contributed by atoms with van der Waals surface area (Å²) >= 11 is 0. The Morgan fingerprint density at radius 2 is 1.68 bits per heavy atom. The molecule has 4 amide bonds. The number of hydrogen-bond acceptors (Lipinski definition) is 6. The summed E-state index contributed by atoms with van der Waals surface area (Å²) < 4.78 is 19.1. The van der Waals surface area contributed by atoms with E-state index in [9.17, 15) is 28.4 Å². The van der Waals surface area contributed by atoms with E-state index in [-0.39, 0.29) is 42.3 Å². The predicted molar refractivity (Wildman–Crippen MR) is 152 cm³/mol. The number of ketones is 1. The number of urea groups is 1. The molecule has 0 radical (unpaired) electrons. The van der Waals surface area contributed by atoms with Crippen LogP contribution in [0.2, 0.25) is 0 Å². The summed E-state index contributed by atoms with van der Waals surface area (Å²) in [6, 6.07) is 3.05. The summed E-state index contributed by atoms with van der Waals surface area (Å²) in [7, 11) is 1.23. The minimum Gasteiger partial charge on any atom is -0.467 e. The normalized spacial score (nSPS) is 20.5. The number of amides is 4. The fraction of sp³-hybridized carbons (Fsp3) is 0.567. The second-order valence-electron chi connectivity index (χ2n) is 11.0. The van der Waals surface area contributed by atoms with E-state index in [0.29, 0.717) is 31.4 Å². The lowest BCUT2D eigenvalue weighted by Gasteiger charge is -2.27. The van der Waals surface area contributed by atoms with E-state index in [1.54, 1.807) is 45.9 Å². The van der Waals surface area contributed by atoms with E-state index in [4.69, 9.17) is 4.74 Å². The first-order chi connectivity index (χ1) is 19.4. The Kier molecular flexibility index (Phi) is 13.5. The van der Waals surface area contributed by atoms with Crippen LogP contribution in [0.25, 0.3) is 0 Å². The first-order valence-corrected chi connectivity index (χ1v) is 14.1. The molecule has 0 bridgehead atoms. The fourth-order valence-electron chi connectivity index (χ4n) is 4.62. The molecule has 1 aliphatic heterocycles. The van der Waals surface area contributed by atoms with Crippen LogP contribution >= 0.6 is 0 Å². The summed E-state index contributed by atoms with van der Waals surface area (Å²) in [5, 5.41) is 10.9. The Labute approximate surface area is 241 Å². The molecule has 2 rings (SSSR count). The summed E-state index contributed by atoms with van der Waals surface area (Å²) in [6.45, 7) is 7.49. The van der Waals surface area contributed by atoms with Gasteiger partial charge in [-0.3, -0.25) is 14.4 Å². The molecule has 10 nitrogen and oxygen atoms in total. The number of halogens is 1. The third kappa shape index (κ3) is 11.0. The van der Waals surface area contributed by atoms with Crippen LogP contribution in [0.4, 0.5) is 9.18 Å². The van der Waals surface area contributed by atoms with Crippen LogP contribution in [0.5, 0.6) is 0 Å². The zero-order valence-electron chi connectivity index (χ0n) is 24.5. The van der Waals surface area contributed by atoms with Gasteiger partial charge in [-0.2, -0.15) is 0 Å².